The van der Waals surface area contributed by atoms with E-state index in [-0.39, 0.29) is 17.0 Å². The molecular formula is C21H18FN5O. The number of aromatic nitrogens is 4. The minimum atomic E-state index is -0.425. The van der Waals surface area contributed by atoms with Crippen molar-refractivity contribution in [2.24, 2.45) is 0 Å². The average molecular weight is 375 g/mol. The monoisotopic (exact) mass is 375 g/mol. The Morgan fingerprint density at radius 3 is 2.96 bits per heavy atom. The molecule has 7 heteroatoms. The molecule has 4 aromatic rings. The van der Waals surface area contributed by atoms with Gasteiger partial charge in [0.1, 0.15) is 5.82 Å². The third-order valence-corrected chi connectivity index (χ3v) is 5.24. The van der Waals surface area contributed by atoms with Gasteiger partial charge in [-0.25, -0.2) is 9.37 Å². The molecule has 5 rings (SSSR count). The highest BCUT2D eigenvalue weighted by atomic mass is 19.1. The summed E-state index contributed by atoms with van der Waals surface area (Å²) >= 11 is 0. The molecule has 0 radical (unpaired) electrons. The van der Waals surface area contributed by atoms with Crippen LogP contribution in [0.25, 0.3) is 10.9 Å². The number of imidazole rings is 1. The number of benzene rings is 1. The number of nitrogens with one attached hydrogen (secondary N) is 2. The van der Waals surface area contributed by atoms with Gasteiger partial charge in [-0.05, 0) is 24.3 Å². The quantitative estimate of drug-likeness (QED) is 0.577. The molecule has 4 heterocycles. The zero-order valence-electron chi connectivity index (χ0n) is 15.0. The molecule has 0 spiro atoms. The second-order valence-corrected chi connectivity index (χ2v) is 6.97. The van der Waals surface area contributed by atoms with Crippen molar-refractivity contribution < 1.29 is 4.39 Å². The van der Waals surface area contributed by atoms with E-state index in [4.69, 9.17) is 0 Å². The number of hydrogen-bond acceptors (Lipinski definition) is 4. The van der Waals surface area contributed by atoms with Crippen molar-refractivity contribution in [3.05, 3.63) is 93.8 Å². The van der Waals surface area contributed by atoms with Crippen molar-refractivity contribution in [3.63, 3.8) is 0 Å². The summed E-state index contributed by atoms with van der Waals surface area (Å²) in [6.07, 6.45) is 4.30. The molecular weight excluding hydrogens is 357 g/mol. The fraction of sp³-hybridized carbons (Fsp3) is 0.190. The van der Waals surface area contributed by atoms with Crippen LogP contribution in [0.2, 0.25) is 0 Å². The summed E-state index contributed by atoms with van der Waals surface area (Å²) in [5.41, 5.74) is 3.67. The minimum absolute atomic E-state index is 0.129. The van der Waals surface area contributed by atoms with Crippen LogP contribution in [0.15, 0.2) is 59.8 Å². The third-order valence-electron chi connectivity index (χ3n) is 5.24. The van der Waals surface area contributed by atoms with Crippen LogP contribution >= 0.6 is 0 Å². The Balaban J connectivity index is 1.56. The Bertz CT molecular complexity index is 1200. The number of hydrogen-bond donors (Lipinski definition) is 2. The molecule has 0 unspecified atom stereocenters. The first-order valence-corrected chi connectivity index (χ1v) is 9.18. The van der Waals surface area contributed by atoms with E-state index < -0.39 is 5.82 Å². The van der Waals surface area contributed by atoms with Gasteiger partial charge in [-0.15, -0.1) is 0 Å². The van der Waals surface area contributed by atoms with Crippen molar-refractivity contribution in [1.29, 1.82) is 0 Å². The van der Waals surface area contributed by atoms with Crippen LogP contribution in [-0.2, 0) is 13.0 Å². The highest BCUT2D eigenvalue weighted by molar-refractivity contribution is 5.78. The number of halogens is 1. The lowest BCUT2D eigenvalue weighted by Gasteiger charge is -2.34. The lowest BCUT2D eigenvalue weighted by atomic mass is 9.99. The van der Waals surface area contributed by atoms with E-state index in [9.17, 15) is 9.18 Å². The van der Waals surface area contributed by atoms with Gasteiger partial charge in [0.15, 0.2) is 5.43 Å². The summed E-state index contributed by atoms with van der Waals surface area (Å²) in [5.74, 6) is -0.425. The van der Waals surface area contributed by atoms with Gasteiger partial charge in [-0.3, -0.25) is 14.7 Å². The van der Waals surface area contributed by atoms with Crippen LogP contribution in [-0.4, -0.2) is 31.4 Å². The molecule has 28 heavy (non-hydrogen) atoms. The molecule has 1 aliphatic heterocycles. The number of fused-ring (bicyclic) bond motifs is 2. The van der Waals surface area contributed by atoms with E-state index >= 15 is 0 Å². The van der Waals surface area contributed by atoms with Gasteiger partial charge < -0.3 is 9.97 Å². The number of aromatic amines is 2. The van der Waals surface area contributed by atoms with Crippen molar-refractivity contribution in [2.75, 3.05) is 6.54 Å². The Morgan fingerprint density at radius 1 is 1.18 bits per heavy atom. The number of H-pyrrole nitrogens is 2. The van der Waals surface area contributed by atoms with Crippen LogP contribution in [0, 0.1) is 5.82 Å². The first-order chi connectivity index (χ1) is 13.7. The largest absolute Gasteiger partial charge is 0.355 e. The van der Waals surface area contributed by atoms with Crippen LogP contribution in [0.3, 0.4) is 0 Å². The second kappa shape index (κ2) is 6.69. The molecule has 6 nitrogen and oxygen atoms in total. The molecule has 0 amide bonds. The molecule has 3 aromatic heterocycles. The average Bonchev–Trinajstić information content (AvgIpc) is 3.18. The number of pyridine rings is 2. The summed E-state index contributed by atoms with van der Waals surface area (Å²) in [7, 11) is 0. The molecule has 0 saturated heterocycles. The standard InChI is InChI=1S/C21H18FN5O/c22-15-5-3-4-14-18(28)10-13(26-19(14)15)11-27-9-7-16-20(25-12-24-16)21(27)17-6-1-2-8-23-17/h1-6,8,10,12,21H,7,9,11H2,(H,24,25)(H,26,28)/t21-/m1/s1. The summed E-state index contributed by atoms with van der Waals surface area (Å²) in [6, 6.07) is 11.8. The number of rotatable bonds is 3. The van der Waals surface area contributed by atoms with Crippen molar-refractivity contribution in [2.45, 2.75) is 19.0 Å². The maximum Gasteiger partial charge on any atom is 0.189 e. The summed E-state index contributed by atoms with van der Waals surface area (Å²) in [5, 5.41) is 0.359. The van der Waals surface area contributed by atoms with Crippen LogP contribution in [0.4, 0.5) is 4.39 Å². The highest BCUT2D eigenvalue weighted by Gasteiger charge is 2.32. The topological polar surface area (TPSA) is 77.7 Å². The van der Waals surface area contributed by atoms with Crippen LogP contribution in [0.1, 0.15) is 28.8 Å². The number of para-hydroxylation sites is 1. The van der Waals surface area contributed by atoms with Gasteiger partial charge in [0.05, 0.1) is 29.3 Å². The van der Waals surface area contributed by atoms with E-state index in [1.165, 1.54) is 6.07 Å². The smallest absolute Gasteiger partial charge is 0.189 e. The Hall–Kier alpha value is -3.32. The third kappa shape index (κ3) is 2.80. The Morgan fingerprint density at radius 2 is 2.11 bits per heavy atom. The molecule has 2 N–H and O–H groups in total. The fourth-order valence-corrected chi connectivity index (χ4v) is 3.95. The van der Waals surface area contributed by atoms with E-state index in [2.05, 4.69) is 24.8 Å². The molecule has 0 bridgehead atoms. The molecule has 1 aliphatic rings. The molecule has 140 valence electrons. The van der Waals surface area contributed by atoms with Crippen molar-refractivity contribution in [1.82, 2.24) is 24.8 Å². The van der Waals surface area contributed by atoms with Gasteiger partial charge >= 0.3 is 0 Å². The highest BCUT2D eigenvalue weighted by Crippen LogP contribution is 2.33. The fourth-order valence-electron chi connectivity index (χ4n) is 3.95. The normalized spacial score (nSPS) is 17.0. The van der Waals surface area contributed by atoms with Crippen LogP contribution < -0.4 is 5.43 Å². The van der Waals surface area contributed by atoms with E-state index in [1.807, 2.05) is 18.2 Å². The van der Waals surface area contributed by atoms with E-state index in [1.54, 1.807) is 30.7 Å². The van der Waals surface area contributed by atoms with E-state index in [0.29, 0.717) is 17.6 Å². The lowest BCUT2D eigenvalue weighted by Crippen LogP contribution is -2.36. The Labute approximate surface area is 160 Å². The summed E-state index contributed by atoms with van der Waals surface area (Å²) < 4.78 is 14.2. The van der Waals surface area contributed by atoms with Gasteiger partial charge in [-0.1, -0.05) is 12.1 Å². The molecule has 1 aromatic carbocycles. The SMILES string of the molecule is O=c1cc(CN2CCc3[nH]cnc3[C@H]2c2ccccn2)[nH]c2c(F)cccc12. The van der Waals surface area contributed by atoms with Crippen molar-refractivity contribution in [3.8, 4) is 0 Å². The predicted octanol–water partition coefficient (Wildman–Crippen LogP) is 2.93. The molecule has 0 saturated carbocycles. The second-order valence-electron chi connectivity index (χ2n) is 6.97. The molecule has 0 aliphatic carbocycles. The first kappa shape index (κ1) is 16.8. The first-order valence-electron chi connectivity index (χ1n) is 9.18. The molecule has 1 atom stereocenters. The zero-order valence-corrected chi connectivity index (χ0v) is 15.0. The van der Waals surface area contributed by atoms with E-state index in [0.717, 1.165) is 30.0 Å². The van der Waals surface area contributed by atoms with Crippen LogP contribution in [0.5, 0.6) is 0 Å². The van der Waals surface area contributed by atoms with Gasteiger partial charge in [-0.2, -0.15) is 0 Å². The van der Waals surface area contributed by atoms with Crippen molar-refractivity contribution >= 4 is 10.9 Å². The van der Waals surface area contributed by atoms with Gasteiger partial charge in [0.2, 0.25) is 0 Å². The summed E-state index contributed by atoms with van der Waals surface area (Å²) in [4.78, 5) is 30.0. The lowest BCUT2D eigenvalue weighted by molar-refractivity contribution is 0.195. The Kier molecular flexibility index (Phi) is 4.02. The minimum Gasteiger partial charge on any atom is -0.355 e. The number of nitrogens with zero attached hydrogens (tertiary/aromatic N) is 3. The maximum atomic E-state index is 14.2. The molecule has 0 fully saturated rings. The summed E-state index contributed by atoms with van der Waals surface area (Å²) in [6.45, 7) is 1.24. The van der Waals surface area contributed by atoms with Gasteiger partial charge in [0, 0.05) is 48.5 Å². The van der Waals surface area contributed by atoms with Gasteiger partial charge in [0.25, 0.3) is 0 Å². The predicted molar refractivity (Wildman–Crippen MR) is 103 cm³/mol. The maximum absolute atomic E-state index is 14.2. The zero-order chi connectivity index (χ0) is 19.1.